The number of benzene rings is 1. The summed E-state index contributed by atoms with van der Waals surface area (Å²) in [5.41, 5.74) is 1.04. The van der Waals surface area contributed by atoms with E-state index < -0.39 is 0 Å². The molecule has 114 valence electrons. The zero-order chi connectivity index (χ0) is 15.4. The number of amides is 2. The Morgan fingerprint density at radius 2 is 2.05 bits per heavy atom. The van der Waals surface area contributed by atoms with Gasteiger partial charge in [0.15, 0.2) is 0 Å². The molecule has 0 unspecified atom stereocenters. The maximum atomic E-state index is 12.3. The van der Waals surface area contributed by atoms with E-state index in [1.165, 1.54) is 0 Å². The number of nitrogens with one attached hydrogen (secondary N) is 1. The Morgan fingerprint density at radius 1 is 1.23 bits per heavy atom. The first-order chi connectivity index (χ1) is 10.7. The molecule has 1 saturated heterocycles. The van der Waals surface area contributed by atoms with E-state index in [1.807, 2.05) is 47.8 Å². The van der Waals surface area contributed by atoms with Crippen LogP contribution in [0, 0.1) is 0 Å². The van der Waals surface area contributed by atoms with E-state index >= 15 is 0 Å². The summed E-state index contributed by atoms with van der Waals surface area (Å²) in [6, 6.07) is 13.7. The SMILES string of the molecule is O=C(CN1CSCC1=O)N[C@H](c1ccccc1)c1cccs1. The molecule has 1 aliphatic heterocycles. The van der Waals surface area contributed by atoms with Gasteiger partial charge in [0, 0.05) is 4.88 Å². The van der Waals surface area contributed by atoms with Gasteiger partial charge in [0.2, 0.25) is 11.8 Å². The highest BCUT2D eigenvalue weighted by atomic mass is 32.2. The zero-order valence-corrected chi connectivity index (χ0v) is 13.5. The molecular formula is C16H16N2O2S2. The number of hydrogen-bond acceptors (Lipinski definition) is 4. The van der Waals surface area contributed by atoms with Gasteiger partial charge in [-0.05, 0) is 17.0 Å². The van der Waals surface area contributed by atoms with Gasteiger partial charge in [-0.25, -0.2) is 0 Å². The summed E-state index contributed by atoms with van der Waals surface area (Å²) in [5.74, 6) is 0.979. The molecule has 1 atom stereocenters. The molecule has 2 amide bonds. The summed E-state index contributed by atoms with van der Waals surface area (Å²) >= 11 is 3.16. The van der Waals surface area contributed by atoms with E-state index in [0.717, 1.165) is 10.4 Å². The minimum absolute atomic E-state index is 0.0348. The molecule has 0 radical (unpaired) electrons. The second kappa shape index (κ2) is 6.98. The standard InChI is InChI=1S/C16H16N2O2S2/c19-14(9-18-11-21-10-15(18)20)17-16(13-7-4-8-22-13)12-5-2-1-3-6-12/h1-8,16H,9-11H2,(H,17,19)/t16-/m1/s1. The third-order valence-electron chi connectivity index (χ3n) is 3.43. The molecule has 1 aliphatic rings. The fourth-order valence-electron chi connectivity index (χ4n) is 2.34. The summed E-state index contributed by atoms with van der Waals surface area (Å²) in [6.07, 6.45) is 0. The Kier molecular flexibility index (Phi) is 4.80. The Morgan fingerprint density at radius 3 is 2.68 bits per heavy atom. The molecule has 1 aromatic carbocycles. The van der Waals surface area contributed by atoms with Crippen LogP contribution in [0.3, 0.4) is 0 Å². The molecule has 0 aliphatic carbocycles. The van der Waals surface area contributed by atoms with Crippen LogP contribution in [0.1, 0.15) is 16.5 Å². The molecule has 1 N–H and O–H groups in total. The molecule has 0 saturated carbocycles. The van der Waals surface area contributed by atoms with Gasteiger partial charge in [0.25, 0.3) is 0 Å². The van der Waals surface area contributed by atoms with Gasteiger partial charge in [0.1, 0.15) is 6.54 Å². The van der Waals surface area contributed by atoms with Crippen LogP contribution < -0.4 is 5.32 Å². The van der Waals surface area contributed by atoms with Crippen molar-refractivity contribution in [3.8, 4) is 0 Å². The van der Waals surface area contributed by atoms with Crippen molar-refractivity contribution in [3.05, 3.63) is 58.3 Å². The lowest BCUT2D eigenvalue weighted by molar-refractivity contribution is -0.132. The van der Waals surface area contributed by atoms with Crippen molar-refractivity contribution in [2.45, 2.75) is 6.04 Å². The third-order valence-corrected chi connectivity index (χ3v) is 5.31. The van der Waals surface area contributed by atoms with Crippen LogP contribution in [0.4, 0.5) is 0 Å². The molecular weight excluding hydrogens is 316 g/mol. The number of carbonyl (C=O) groups is 2. The van der Waals surface area contributed by atoms with Gasteiger partial charge in [-0.2, -0.15) is 0 Å². The first-order valence-corrected chi connectivity index (χ1v) is 9.00. The quantitative estimate of drug-likeness (QED) is 0.915. The van der Waals surface area contributed by atoms with Crippen molar-refractivity contribution < 1.29 is 9.59 Å². The number of hydrogen-bond donors (Lipinski definition) is 1. The highest BCUT2D eigenvalue weighted by Crippen LogP contribution is 2.26. The lowest BCUT2D eigenvalue weighted by Crippen LogP contribution is -2.39. The van der Waals surface area contributed by atoms with Gasteiger partial charge in [0.05, 0.1) is 17.7 Å². The minimum Gasteiger partial charge on any atom is -0.343 e. The summed E-state index contributed by atoms with van der Waals surface area (Å²) in [6.45, 7) is 0.126. The lowest BCUT2D eigenvalue weighted by Gasteiger charge is -2.20. The second-order valence-corrected chi connectivity index (χ2v) is 6.93. The summed E-state index contributed by atoms with van der Waals surface area (Å²) in [7, 11) is 0. The molecule has 22 heavy (non-hydrogen) atoms. The van der Waals surface area contributed by atoms with Gasteiger partial charge in [-0.15, -0.1) is 23.1 Å². The van der Waals surface area contributed by atoms with Gasteiger partial charge in [-0.1, -0.05) is 36.4 Å². The molecule has 0 spiro atoms. The van der Waals surface area contributed by atoms with E-state index in [1.54, 1.807) is 28.0 Å². The summed E-state index contributed by atoms with van der Waals surface area (Å²) < 4.78 is 0. The topological polar surface area (TPSA) is 49.4 Å². The largest absolute Gasteiger partial charge is 0.343 e. The minimum atomic E-state index is -0.168. The van der Waals surface area contributed by atoms with E-state index in [2.05, 4.69) is 5.32 Å². The van der Waals surface area contributed by atoms with Crippen molar-refractivity contribution in [3.63, 3.8) is 0 Å². The number of nitrogens with zero attached hydrogens (tertiary/aromatic N) is 1. The average molecular weight is 332 g/mol. The van der Waals surface area contributed by atoms with E-state index in [9.17, 15) is 9.59 Å². The number of rotatable bonds is 5. The Balaban J connectivity index is 1.73. The van der Waals surface area contributed by atoms with Crippen molar-refractivity contribution in [1.82, 2.24) is 10.2 Å². The maximum Gasteiger partial charge on any atom is 0.240 e. The van der Waals surface area contributed by atoms with E-state index in [0.29, 0.717) is 11.6 Å². The van der Waals surface area contributed by atoms with Crippen LogP contribution in [0.5, 0.6) is 0 Å². The number of carbonyl (C=O) groups excluding carboxylic acids is 2. The Bertz CT molecular complexity index is 643. The molecule has 2 aromatic rings. The van der Waals surface area contributed by atoms with Crippen LogP contribution >= 0.6 is 23.1 Å². The van der Waals surface area contributed by atoms with Crippen molar-refractivity contribution >= 4 is 34.9 Å². The monoisotopic (exact) mass is 332 g/mol. The van der Waals surface area contributed by atoms with Crippen LogP contribution in [0.15, 0.2) is 47.8 Å². The fourth-order valence-corrected chi connectivity index (χ4v) is 4.05. The molecule has 6 heteroatoms. The van der Waals surface area contributed by atoms with Gasteiger partial charge < -0.3 is 10.2 Å². The number of thioether (sulfide) groups is 1. The van der Waals surface area contributed by atoms with Crippen LogP contribution in [0.2, 0.25) is 0 Å². The molecule has 3 rings (SSSR count). The first kappa shape index (κ1) is 15.1. The highest BCUT2D eigenvalue weighted by Gasteiger charge is 2.25. The third kappa shape index (κ3) is 3.51. The smallest absolute Gasteiger partial charge is 0.240 e. The first-order valence-electron chi connectivity index (χ1n) is 6.97. The zero-order valence-electron chi connectivity index (χ0n) is 11.9. The average Bonchev–Trinajstić information content (AvgIpc) is 3.18. The molecule has 0 bridgehead atoms. The molecule has 1 fully saturated rings. The number of thiophene rings is 1. The van der Waals surface area contributed by atoms with E-state index in [4.69, 9.17) is 0 Å². The fraction of sp³-hybridized carbons (Fsp3) is 0.250. The van der Waals surface area contributed by atoms with Crippen LogP contribution in [-0.2, 0) is 9.59 Å². The molecule has 4 nitrogen and oxygen atoms in total. The maximum absolute atomic E-state index is 12.3. The highest BCUT2D eigenvalue weighted by molar-refractivity contribution is 8.00. The Labute approximate surface area is 137 Å². The Hall–Kier alpha value is -1.79. The summed E-state index contributed by atoms with van der Waals surface area (Å²) in [4.78, 5) is 26.6. The van der Waals surface area contributed by atoms with Gasteiger partial charge in [-0.3, -0.25) is 9.59 Å². The molecule has 1 aromatic heterocycles. The van der Waals surface area contributed by atoms with Gasteiger partial charge >= 0.3 is 0 Å². The summed E-state index contributed by atoms with van der Waals surface area (Å²) in [5, 5.41) is 5.05. The van der Waals surface area contributed by atoms with Crippen LogP contribution in [0.25, 0.3) is 0 Å². The normalized spacial score (nSPS) is 15.8. The van der Waals surface area contributed by atoms with Crippen molar-refractivity contribution in [1.29, 1.82) is 0 Å². The second-order valence-electron chi connectivity index (χ2n) is 5.00. The van der Waals surface area contributed by atoms with Crippen molar-refractivity contribution in [2.24, 2.45) is 0 Å². The molecule has 2 heterocycles. The van der Waals surface area contributed by atoms with Crippen molar-refractivity contribution in [2.75, 3.05) is 18.2 Å². The van der Waals surface area contributed by atoms with E-state index in [-0.39, 0.29) is 24.4 Å². The van der Waals surface area contributed by atoms with Crippen LogP contribution in [-0.4, -0.2) is 34.9 Å². The predicted octanol–water partition coefficient (Wildman–Crippen LogP) is 2.49. The lowest BCUT2D eigenvalue weighted by atomic mass is 10.1. The predicted molar refractivity (Wildman–Crippen MR) is 89.8 cm³/mol.